The number of nitrogens with one attached hydrogen (secondary N) is 2. The summed E-state index contributed by atoms with van der Waals surface area (Å²) in [6, 6.07) is -0.552. The standard InChI is InChI=1S/C9H14N2O3/c1-2-14-9(13)7-5-3-4-6(10-5)8(12)11-7/h5-7,10H,2-4H2,1H3,(H,11,12)/t5-,6?,7+/m1/s1. The number of hydrogen-bond donors (Lipinski definition) is 2. The molecule has 5 heteroatoms. The summed E-state index contributed by atoms with van der Waals surface area (Å²) in [7, 11) is 0. The molecule has 2 heterocycles. The lowest BCUT2D eigenvalue weighted by molar-refractivity contribution is -0.149. The van der Waals surface area contributed by atoms with Gasteiger partial charge in [-0.1, -0.05) is 0 Å². The van der Waals surface area contributed by atoms with Crippen LogP contribution in [0.15, 0.2) is 0 Å². The van der Waals surface area contributed by atoms with E-state index in [2.05, 4.69) is 10.6 Å². The Hall–Kier alpha value is -1.10. The molecule has 2 rings (SSSR count). The number of esters is 1. The fourth-order valence-electron chi connectivity index (χ4n) is 2.05. The van der Waals surface area contributed by atoms with Crippen LogP contribution in [0.5, 0.6) is 0 Å². The molecule has 0 aromatic carbocycles. The molecule has 14 heavy (non-hydrogen) atoms. The molecule has 3 atom stereocenters. The first-order valence-electron chi connectivity index (χ1n) is 4.95. The Balaban J connectivity index is 2.05. The average Bonchev–Trinajstić information content (AvgIpc) is 2.57. The number of hydrogen-bond acceptors (Lipinski definition) is 4. The van der Waals surface area contributed by atoms with Crippen LogP contribution < -0.4 is 10.6 Å². The number of ether oxygens (including phenoxy) is 1. The summed E-state index contributed by atoms with van der Waals surface area (Å²) in [5.41, 5.74) is 0. The summed E-state index contributed by atoms with van der Waals surface area (Å²) in [5.74, 6) is -0.421. The fraction of sp³-hybridized carbons (Fsp3) is 0.778. The van der Waals surface area contributed by atoms with E-state index in [4.69, 9.17) is 4.74 Å². The highest BCUT2D eigenvalue weighted by Crippen LogP contribution is 2.20. The van der Waals surface area contributed by atoms with E-state index in [9.17, 15) is 9.59 Å². The quantitative estimate of drug-likeness (QED) is 0.568. The lowest BCUT2D eigenvalue weighted by atomic mass is 10.1. The van der Waals surface area contributed by atoms with E-state index < -0.39 is 6.04 Å². The Bertz CT molecular complexity index is 267. The Morgan fingerprint density at radius 1 is 1.57 bits per heavy atom. The first kappa shape index (κ1) is 9.45. The molecule has 0 aromatic heterocycles. The van der Waals surface area contributed by atoms with Crippen LogP contribution in [-0.2, 0) is 14.3 Å². The van der Waals surface area contributed by atoms with E-state index in [-0.39, 0.29) is 24.0 Å². The van der Waals surface area contributed by atoms with Gasteiger partial charge in [0, 0.05) is 6.04 Å². The highest BCUT2D eigenvalue weighted by Gasteiger charge is 2.43. The Morgan fingerprint density at radius 2 is 2.36 bits per heavy atom. The van der Waals surface area contributed by atoms with Gasteiger partial charge in [0.15, 0.2) is 0 Å². The van der Waals surface area contributed by atoms with E-state index >= 15 is 0 Å². The van der Waals surface area contributed by atoms with Crippen molar-refractivity contribution < 1.29 is 14.3 Å². The zero-order valence-corrected chi connectivity index (χ0v) is 8.08. The lowest BCUT2D eigenvalue weighted by Crippen LogP contribution is -2.62. The molecule has 2 bridgehead atoms. The molecule has 78 valence electrons. The van der Waals surface area contributed by atoms with Crippen molar-refractivity contribution in [2.45, 2.75) is 37.9 Å². The Morgan fingerprint density at radius 3 is 3.07 bits per heavy atom. The number of fused-ring (bicyclic) bond motifs is 2. The molecule has 0 aliphatic carbocycles. The van der Waals surface area contributed by atoms with Gasteiger partial charge in [0.1, 0.15) is 6.04 Å². The second-order valence-corrected chi connectivity index (χ2v) is 3.64. The zero-order chi connectivity index (χ0) is 10.1. The van der Waals surface area contributed by atoms with E-state index in [0.717, 1.165) is 12.8 Å². The minimum Gasteiger partial charge on any atom is -0.464 e. The van der Waals surface area contributed by atoms with E-state index in [1.807, 2.05) is 0 Å². The van der Waals surface area contributed by atoms with Gasteiger partial charge in [0.05, 0.1) is 12.6 Å². The maximum atomic E-state index is 11.5. The van der Waals surface area contributed by atoms with Crippen molar-refractivity contribution >= 4 is 11.9 Å². The van der Waals surface area contributed by atoms with Crippen molar-refractivity contribution in [1.82, 2.24) is 10.6 Å². The molecule has 1 unspecified atom stereocenters. The minimum absolute atomic E-state index is 0.0525. The lowest BCUT2D eigenvalue weighted by Gasteiger charge is -2.28. The summed E-state index contributed by atoms with van der Waals surface area (Å²) in [4.78, 5) is 22.8. The molecule has 0 spiro atoms. The van der Waals surface area contributed by atoms with Crippen LogP contribution in [0.4, 0.5) is 0 Å². The van der Waals surface area contributed by atoms with Crippen molar-refractivity contribution in [1.29, 1.82) is 0 Å². The first-order valence-corrected chi connectivity index (χ1v) is 4.95. The van der Waals surface area contributed by atoms with Gasteiger partial charge in [-0.2, -0.15) is 0 Å². The molecule has 0 saturated carbocycles. The van der Waals surface area contributed by atoms with Gasteiger partial charge in [-0.05, 0) is 19.8 Å². The minimum atomic E-state index is -0.499. The van der Waals surface area contributed by atoms with Gasteiger partial charge in [0.2, 0.25) is 5.91 Å². The maximum Gasteiger partial charge on any atom is 0.330 e. The normalized spacial score (nSPS) is 35.2. The van der Waals surface area contributed by atoms with Crippen LogP contribution >= 0.6 is 0 Å². The molecule has 0 radical (unpaired) electrons. The molecular formula is C9H14N2O3. The van der Waals surface area contributed by atoms with Gasteiger partial charge in [0.25, 0.3) is 0 Å². The third-order valence-electron chi connectivity index (χ3n) is 2.74. The van der Waals surface area contributed by atoms with Crippen LogP contribution in [0, 0.1) is 0 Å². The number of rotatable bonds is 2. The van der Waals surface area contributed by atoms with E-state index in [0.29, 0.717) is 6.61 Å². The van der Waals surface area contributed by atoms with Crippen LogP contribution in [-0.4, -0.2) is 36.6 Å². The molecule has 1 amide bonds. The van der Waals surface area contributed by atoms with Gasteiger partial charge >= 0.3 is 5.97 Å². The summed E-state index contributed by atoms with van der Waals surface area (Å²) in [5, 5.41) is 5.80. The summed E-state index contributed by atoms with van der Waals surface area (Å²) < 4.78 is 4.89. The zero-order valence-electron chi connectivity index (χ0n) is 8.08. The molecule has 2 aliphatic rings. The molecule has 2 saturated heterocycles. The topological polar surface area (TPSA) is 67.4 Å². The predicted octanol–water partition coefficient (Wildman–Crippen LogP) is -0.831. The van der Waals surface area contributed by atoms with Gasteiger partial charge < -0.3 is 15.4 Å². The van der Waals surface area contributed by atoms with Gasteiger partial charge in [-0.3, -0.25) is 4.79 Å². The van der Waals surface area contributed by atoms with Crippen molar-refractivity contribution in [2.75, 3.05) is 6.61 Å². The third-order valence-corrected chi connectivity index (χ3v) is 2.74. The Labute approximate surface area is 82.2 Å². The average molecular weight is 198 g/mol. The number of amides is 1. The second-order valence-electron chi connectivity index (χ2n) is 3.64. The molecule has 2 aliphatic heterocycles. The number of piperazine rings is 1. The van der Waals surface area contributed by atoms with Gasteiger partial charge in [-0.15, -0.1) is 0 Å². The maximum absolute atomic E-state index is 11.5. The van der Waals surface area contributed by atoms with Crippen molar-refractivity contribution in [3.8, 4) is 0 Å². The smallest absolute Gasteiger partial charge is 0.330 e. The first-order chi connectivity index (χ1) is 6.72. The molecule has 5 nitrogen and oxygen atoms in total. The second kappa shape index (κ2) is 3.57. The van der Waals surface area contributed by atoms with Crippen molar-refractivity contribution in [2.24, 2.45) is 0 Å². The van der Waals surface area contributed by atoms with Gasteiger partial charge in [-0.25, -0.2) is 4.79 Å². The van der Waals surface area contributed by atoms with E-state index in [1.165, 1.54) is 0 Å². The largest absolute Gasteiger partial charge is 0.464 e. The Kier molecular flexibility index (Phi) is 2.41. The number of carbonyl (C=O) groups is 2. The SMILES string of the molecule is CCOC(=O)[C@H]1NC(=O)C2CC[C@H]1N2. The monoisotopic (exact) mass is 198 g/mol. The van der Waals surface area contributed by atoms with Crippen LogP contribution in [0.2, 0.25) is 0 Å². The van der Waals surface area contributed by atoms with Crippen LogP contribution in [0.25, 0.3) is 0 Å². The predicted molar refractivity (Wildman–Crippen MR) is 48.5 cm³/mol. The third kappa shape index (κ3) is 1.48. The molecule has 2 N–H and O–H groups in total. The molecule has 0 aromatic rings. The summed E-state index contributed by atoms with van der Waals surface area (Å²) >= 11 is 0. The highest BCUT2D eigenvalue weighted by atomic mass is 16.5. The fourth-order valence-corrected chi connectivity index (χ4v) is 2.05. The van der Waals surface area contributed by atoms with Crippen molar-refractivity contribution in [3.05, 3.63) is 0 Å². The van der Waals surface area contributed by atoms with Crippen LogP contribution in [0.1, 0.15) is 19.8 Å². The molecular weight excluding hydrogens is 184 g/mol. The summed E-state index contributed by atoms with van der Waals surface area (Å²) in [6.07, 6.45) is 1.67. The highest BCUT2D eigenvalue weighted by molar-refractivity contribution is 5.90. The number of carbonyl (C=O) groups excluding carboxylic acids is 2. The molecule has 2 fully saturated rings. The van der Waals surface area contributed by atoms with E-state index in [1.54, 1.807) is 6.92 Å². The van der Waals surface area contributed by atoms with Crippen molar-refractivity contribution in [3.63, 3.8) is 0 Å². The van der Waals surface area contributed by atoms with Crippen LogP contribution in [0.3, 0.4) is 0 Å². The summed E-state index contributed by atoms with van der Waals surface area (Å²) in [6.45, 7) is 2.11.